The zero-order chi connectivity index (χ0) is 15.2. The average Bonchev–Trinajstić information content (AvgIpc) is 3.22. The molecule has 2 fully saturated rings. The number of imidazole rings is 1. The molecule has 1 aliphatic heterocycles. The number of aromatic nitrogens is 3. The number of anilines is 1. The Hall–Kier alpha value is -1.14. The van der Waals surface area contributed by atoms with Gasteiger partial charge in [-0.25, -0.2) is 9.50 Å². The maximum absolute atomic E-state index is 5.92. The summed E-state index contributed by atoms with van der Waals surface area (Å²) in [4.78, 5) is 8.21. The number of nitrogens with zero attached hydrogens (tertiary/aromatic N) is 4. The van der Waals surface area contributed by atoms with Crippen molar-refractivity contribution in [2.75, 3.05) is 24.6 Å². The topological polar surface area (TPSA) is 42.7 Å². The summed E-state index contributed by atoms with van der Waals surface area (Å²) in [5.74, 6) is 0.657. The molecule has 2 aliphatic rings. The van der Waals surface area contributed by atoms with Crippen LogP contribution < -0.4 is 4.90 Å². The Labute approximate surface area is 135 Å². The van der Waals surface area contributed by atoms with Crippen molar-refractivity contribution in [3.8, 4) is 0 Å². The molecule has 3 heterocycles. The third kappa shape index (κ3) is 2.52. The van der Waals surface area contributed by atoms with Crippen molar-refractivity contribution in [2.45, 2.75) is 57.5 Å². The van der Waals surface area contributed by atoms with Gasteiger partial charge in [0.2, 0.25) is 10.1 Å². The lowest BCUT2D eigenvalue weighted by Gasteiger charge is -2.39. The predicted molar refractivity (Wildman–Crippen MR) is 88.9 cm³/mol. The predicted octanol–water partition coefficient (Wildman–Crippen LogP) is 3.45. The van der Waals surface area contributed by atoms with Gasteiger partial charge in [0.15, 0.2) is 0 Å². The van der Waals surface area contributed by atoms with Gasteiger partial charge in [0.1, 0.15) is 0 Å². The van der Waals surface area contributed by atoms with Gasteiger partial charge in [-0.1, -0.05) is 31.1 Å². The summed E-state index contributed by atoms with van der Waals surface area (Å²) >= 11 is 1.71. The molecular formula is C16H24N4OS. The highest BCUT2D eigenvalue weighted by atomic mass is 32.1. The quantitative estimate of drug-likeness (QED) is 0.868. The van der Waals surface area contributed by atoms with E-state index >= 15 is 0 Å². The Bertz CT molecular complexity index is 629. The SMILES string of the molecule is CCC1(C)CN(c2nn3cc(C4CCCC4)nc3s2)CCO1. The van der Waals surface area contributed by atoms with Crippen molar-refractivity contribution in [1.82, 2.24) is 14.6 Å². The third-order valence-corrected chi connectivity index (χ3v) is 6.16. The molecule has 2 aromatic rings. The van der Waals surface area contributed by atoms with Crippen molar-refractivity contribution in [3.63, 3.8) is 0 Å². The average molecular weight is 320 g/mol. The largest absolute Gasteiger partial charge is 0.372 e. The molecule has 2 aromatic heterocycles. The molecule has 0 radical (unpaired) electrons. The molecule has 0 amide bonds. The highest BCUT2D eigenvalue weighted by Crippen LogP contribution is 2.35. The van der Waals surface area contributed by atoms with Crippen LogP contribution >= 0.6 is 11.3 Å². The Morgan fingerprint density at radius 1 is 1.41 bits per heavy atom. The fraction of sp³-hybridized carbons (Fsp3) is 0.750. The van der Waals surface area contributed by atoms with Gasteiger partial charge >= 0.3 is 0 Å². The van der Waals surface area contributed by atoms with E-state index in [2.05, 4.69) is 24.9 Å². The molecule has 4 rings (SSSR count). The highest BCUT2D eigenvalue weighted by Gasteiger charge is 2.32. The zero-order valence-electron chi connectivity index (χ0n) is 13.4. The van der Waals surface area contributed by atoms with Crippen molar-refractivity contribution >= 4 is 21.4 Å². The molecule has 0 spiro atoms. The maximum atomic E-state index is 5.92. The summed E-state index contributed by atoms with van der Waals surface area (Å²) in [7, 11) is 0. The van der Waals surface area contributed by atoms with Gasteiger partial charge in [-0.3, -0.25) is 0 Å². The fourth-order valence-corrected chi connectivity index (χ4v) is 4.48. The van der Waals surface area contributed by atoms with Crippen molar-refractivity contribution in [1.29, 1.82) is 0 Å². The minimum atomic E-state index is -0.0545. The normalized spacial score (nSPS) is 27.1. The van der Waals surface area contributed by atoms with E-state index in [1.54, 1.807) is 11.3 Å². The monoisotopic (exact) mass is 320 g/mol. The van der Waals surface area contributed by atoms with Crippen LogP contribution in [0.25, 0.3) is 4.96 Å². The molecule has 120 valence electrons. The number of hydrogen-bond donors (Lipinski definition) is 0. The van der Waals surface area contributed by atoms with E-state index in [1.165, 1.54) is 31.4 Å². The molecule has 1 saturated carbocycles. The number of morpholine rings is 1. The van der Waals surface area contributed by atoms with Gasteiger partial charge in [-0.15, -0.1) is 5.10 Å². The highest BCUT2D eigenvalue weighted by molar-refractivity contribution is 7.20. The van der Waals surface area contributed by atoms with Crippen LogP contribution in [0.15, 0.2) is 6.20 Å². The Morgan fingerprint density at radius 2 is 2.23 bits per heavy atom. The van der Waals surface area contributed by atoms with Crippen LogP contribution in [0, 0.1) is 0 Å². The number of ether oxygens (including phenoxy) is 1. The van der Waals surface area contributed by atoms with Crippen molar-refractivity contribution < 1.29 is 4.74 Å². The molecule has 1 saturated heterocycles. The summed E-state index contributed by atoms with van der Waals surface area (Å²) < 4.78 is 7.90. The number of rotatable bonds is 3. The van der Waals surface area contributed by atoms with E-state index in [1.807, 2.05) is 4.52 Å². The van der Waals surface area contributed by atoms with Crippen LogP contribution in [0.2, 0.25) is 0 Å². The van der Waals surface area contributed by atoms with Crippen LogP contribution in [0.5, 0.6) is 0 Å². The maximum Gasteiger partial charge on any atom is 0.214 e. The zero-order valence-corrected chi connectivity index (χ0v) is 14.2. The Kier molecular flexibility index (Phi) is 3.61. The van der Waals surface area contributed by atoms with E-state index < -0.39 is 0 Å². The summed E-state index contributed by atoms with van der Waals surface area (Å²) in [5, 5.41) is 5.84. The standard InChI is InChI=1S/C16H24N4OS/c1-3-16(2)11-19(8-9-21-16)15-18-20-10-13(17-14(20)22-15)12-6-4-5-7-12/h10,12H,3-9,11H2,1-2H3. The molecule has 1 atom stereocenters. The fourth-order valence-electron chi connectivity index (χ4n) is 3.56. The van der Waals surface area contributed by atoms with Crippen LogP contribution in [-0.4, -0.2) is 39.9 Å². The lowest BCUT2D eigenvalue weighted by molar-refractivity contribution is -0.0441. The molecule has 0 N–H and O–H groups in total. The lowest BCUT2D eigenvalue weighted by atomic mass is 10.0. The second-order valence-electron chi connectivity index (χ2n) is 6.83. The number of hydrogen-bond acceptors (Lipinski definition) is 5. The summed E-state index contributed by atoms with van der Waals surface area (Å²) in [6.45, 7) is 6.99. The molecule has 1 unspecified atom stereocenters. The molecule has 0 aromatic carbocycles. The summed E-state index contributed by atoms with van der Waals surface area (Å²) in [6, 6.07) is 0. The summed E-state index contributed by atoms with van der Waals surface area (Å²) in [6.07, 6.45) is 8.43. The summed E-state index contributed by atoms with van der Waals surface area (Å²) in [5.41, 5.74) is 1.18. The van der Waals surface area contributed by atoms with Gasteiger partial charge in [-0.2, -0.15) is 0 Å². The van der Waals surface area contributed by atoms with Gasteiger partial charge < -0.3 is 9.64 Å². The van der Waals surface area contributed by atoms with Crippen LogP contribution in [0.1, 0.15) is 57.6 Å². The van der Waals surface area contributed by atoms with Gasteiger partial charge in [0.05, 0.1) is 24.1 Å². The molecule has 22 heavy (non-hydrogen) atoms. The van der Waals surface area contributed by atoms with Crippen LogP contribution in [0.4, 0.5) is 5.13 Å². The van der Waals surface area contributed by atoms with E-state index in [4.69, 9.17) is 14.8 Å². The van der Waals surface area contributed by atoms with Crippen molar-refractivity contribution in [3.05, 3.63) is 11.9 Å². The van der Waals surface area contributed by atoms with E-state index in [-0.39, 0.29) is 5.60 Å². The first-order valence-corrected chi connectivity index (χ1v) is 9.23. The minimum absolute atomic E-state index is 0.0545. The first kappa shape index (κ1) is 14.5. The molecule has 0 bridgehead atoms. The van der Waals surface area contributed by atoms with E-state index in [0.29, 0.717) is 5.92 Å². The van der Waals surface area contributed by atoms with E-state index in [9.17, 15) is 0 Å². The van der Waals surface area contributed by atoms with Crippen LogP contribution in [0.3, 0.4) is 0 Å². The van der Waals surface area contributed by atoms with Gasteiger partial charge in [0, 0.05) is 19.0 Å². The smallest absolute Gasteiger partial charge is 0.214 e. The molecule has 6 heteroatoms. The molecular weight excluding hydrogens is 296 g/mol. The lowest BCUT2D eigenvalue weighted by Crippen LogP contribution is -2.49. The molecule has 5 nitrogen and oxygen atoms in total. The second-order valence-corrected chi connectivity index (χ2v) is 7.77. The van der Waals surface area contributed by atoms with E-state index in [0.717, 1.165) is 36.2 Å². The van der Waals surface area contributed by atoms with Crippen molar-refractivity contribution in [2.24, 2.45) is 0 Å². The second kappa shape index (κ2) is 5.49. The molecule has 1 aliphatic carbocycles. The van der Waals surface area contributed by atoms with Gasteiger partial charge in [0.25, 0.3) is 0 Å². The number of fused-ring (bicyclic) bond motifs is 1. The first-order valence-electron chi connectivity index (χ1n) is 8.42. The Morgan fingerprint density at radius 3 is 2.95 bits per heavy atom. The minimum Gasteiger partial charge on any atom is -0.372 e. The van der Waals surface area contributed by atoms with Gasteiger partial charge in [-0.05, 0) is 26.2 Å². The third-order valence-electron chi connectivity index (χ3n) is 5.18. The first-order chi connectivity index (χ1) is 10.7. The Balaban J connectivity index is 1.56. The van der Waals surface area contributed by atoms with Crippen LogP contribution in [-0.2, 0) is 4.74 Å².